The Balaban J connectivity index is 1.94. The lowest BCUT2D eigenvalue weighted by Crippen LogP contribution is -2.33. The van der Waals surface area contributed by atoms with Gasteiger partial charge in [0.1, 0.15) is 0 Å². The minimum Gasteiger partial charge on any atom is -0.481 e. The van der Waals surface area contributed by atoms with Gasteiger partial charge < -0.3 is 10.4 Å². The van der Waals surface area contributed by atoms with E-state index >= 15 is 0 Å². The highest BCUT2D eigenvalue weighted by Gasteiger charge is 2.19. The number of aryl methyl sites for hydroxylation is 1. The summed E-state index contributed by atoms with van der Waals surface area (Å²) >= 11 is 1.40. The van der Waals surface area contributed by atoms with E-state index in [0.717, 1.165) is 10.4 Å². The topological polar surface area (TPSA) is 66.4 Å². The summed E-state index contributed by atoms with van der Waals surface area (Å²) in [5.74, 6) is -1.74. The SMILES string of the molecule is Cc1ccc(C(=O)NC[C@H](Cc2ccccc2)C(=O)O)s1. The lowest BCUT2D eigenvalue weighted by Gasteiger charge is -2.13. The van der Waals surface area contributed by atoms with Crippen LogP contribution >= 0.6 is 11.3 Å². The molecule has 1 aromatic carbocycles. The predicted molar refractivity (Wildman–Crippen MR) is 82.7 cm³/mol. The van der Waals surface area contributed by atoms with E-state index in [9.17, 15) is 14.7 Å². The van der Waals surface area contributed by atoms with Crippen molar-refractivity contribution in [1.29, 1.82) is 0 Å². The highest BCUT2D eigenvalue weighted by Crippen LogP contribution is 2.15. The predicted octanol–water partition coefficient (Wildman–Crippen LogP) is 2.73. The van der Waals surface area contributed by atoms with Gasteiger partial charge in [0.2, 0.25) is 0 Å². The van der Waals surface area contributed by atoms with Crippen molar-refractivity contribution in [2.75, 3.05) is 6.54 Å². The molecule has 1 heterocycles. The molecule has 0 saturated heterocycles. The summed E-state index contributed by atoms with van der Waals surface area (Å²) in [5, 5.41) is 12.0. The van der Waals surface area contributed by atoms with Gasteiger partial charge in [-0.25, -0.2) is 0 Å². The maximum Gasteiger partial charge on any atom is 0.308 e. The van der Waals surface area contributed by atoms with Crippen LogP contribution < -0.4 is 5.32 Å². The van der Waals surface area contributed by atoms with Gasteiger partial charge in [-0.3, -0.25) is 9.59 Å². The number of carbonyl (C=O) groups excluding carboxylic acids is 1. The molecule has 1 aromatic heterocycles. The van der Waals surface area contributed by atoms with Crippen molar-refractivity contribution in [2.24, 2.45) is 5.92 Å². The molecule has 0 spiro atoms. The summed E-state index contributed by atoms with van der Waals surface area (Å²) in [5.41, 5.74) is 0.950. The summed E-state index contributed by atoms with van der Waals surface area (Å²) in [6.07, 6.45) is 0.403. The molecule has 2 rings (SSSR count). The van der Waals surface area contributed by atoms with Crippen LogP contribution in [-0.4, -0.2) is 23.5 Å². The first kappa shape index (κ1) is 15.3. The molecule has 0 fully saturated rings. The Morgan fingerprint density at radius 3 is 2.48 bits per heavy atom. The minimum atomic E-state index is -0.901. The number of aliphatic carboxylic acids is 1. The van der Waals surface area contributed by atoms with E-state index in [0.29, 0.717) is 11.3 Å². The quantitative estimate of drug-likeness (QED) is 0.862. The lowest BCUT2D eigenvalue weighted by molar-refractivity contribution is -0.141. The van der Waals surface area contributed by atoms with Crippen LogP contribution in [0.1, 0.15) is 20.1 Å². The molecule has 0 aliphatic carbocycles. The van der Waals surface area contributed by atoms with Crippen LogP contribution in [0.2, 0.25) is 0 Å². The van der Waals surface area contributed by atoms with Gasteiger partial charge in [-0.2, -0.15) is 0 Å². The number of thiophene rings is 1. The van der Waals surface area contributed by atoms with Gasteiger partial charge in [0.15, 0.2) is 0 Å². The molecular weight excluding hydrogens is 286 g/mol. The van der Waals surface area contributed by atoms with Crippen LogP contribution in [0.4, 0.5) is 0 Å². The van der Waals surface area contributed by atoms with Gasteiger partial charge in [0, 0.05) is 11.4 Å². The van der Waals surface area contributed by atoms with Crippen molar-refractivity contribution in [3.8, 4) is 0 Å². The first-order valence-electron chi connectivity index (χ1n) is 6.67. The maximum atomic E-state index is 11.9. The Kier molecular flexibility index (Phi) is 5.11. The molecule has 110 valence electrons. The molecule has 21 heavy (non-hydrogen) atoms. The number of benzene rings is 1. The first-order chi connectivity index (χ1) is 10.1. The number of rotatable bonds is 6. The van der Waals surface area contributed by atoms with Crippen molar-refractivity contribution in [1.82, 2.24) is 5.32 Å². The second-order valence-electron chi connectivity index (χ2n) is 4.85. The second kappa shape index (κ2) is 7.04. The van der Waals surface area contributed by atoms with E-state index < -0.39 is 11.9 Å². The summed E-state index contributed by atoms with van der Waals surface area (Å²) < 4.78 is 0. The number of carboxylic acid groups (broad SMARTS) is 1. The van der Waals surface area contributed by atoms with E-state index in [1.807, 2.05) is 43.3 Å². The normalized spacial score (nSPS) is 11.9. The van der Waals surface area contributed by atoms with E-state index in [1.54, 1.807) is 6.07 Å². The van der Waals surface area contributed by atoms with Gasteiger partial charge in [-0.1, -0.05) is 30.3 Å². The molecule has 0 saturated carbocycles. The third-order valence-corrected chi connectivity index (χ3v) is 4.15. The third kappa shape index (κ3) is 4.43. The highest BCUT2D eigenvalue weighted by atomic mass is 32.1. The lowest BCUT2D eigenvalue weighted by atomic mass is 9.99. The van der Waals surface area contributed by atoms with Crippen molar-refractivity contribution in [2.45, 2.75) is 13.3 Å². The molecule has 2 N–H and O–H groups in total. The summed E-state index contributed by atoms with van der Waals surface area (Å²) in [6, 6.07) is 13.0. The van der Waals surface area contributed by atoms with E-state index in [1.165, 1.54) is 11.3 Å². The van der Waals surface area contributed by atoms with Gasteiger partial charge in [0.25, 0.3) is 5.91 Å². The number of carbonyl (C=O) groups is 2. The Labute approximate surface area is 127 Å². The monoisotopic (exact) mass is 303 g/mol. The summed E-state index contributed by atoms with van der Waals surface area (Å²) in [4.78, 5) is 24.9. The number of amides is 1. The molecule has 0 aliphatic rings. The summed E-state index contributed by atoms with van der Waals surface area (Å²) in [7, 11) is 0. The number of hydrogen-bond acceptors (Lipinski definition) is 3. The Hall–Kier alpha value is -2.14. The average molecular weight is 303 g/mol. The van der Waals surface area contributed by atoms with Crippen LogP contribution in [0.3, 0.4) is 0 Å². The van der Waals surface area contributed by atoms with Crippen LogP contribution in [0.5, 0.6) is 0 Å². The van der Waals surface area contributed by atoms with Crippen LogP contribution in [0.15, 0.2) is 42.5 Å². The zero-order chi connectivity index (χ0) is 15.2. The fourth-order valence-electron chi connectivity index (χ4n) is 2.00. The zero-order valence-corrected chi connectivity index (χ0v) is 12.5. The Bertz CT molecular complexity index is 621. The Morgan fingerprint density at radius 2 is 1.90 bits per heavy atom. The van der Waals surface area contributed by atoms with Gasteiger partial charge >= 0.3 is 5.97 Å². The number of hydrogen-bond donors (Lipinski definition) is 2. The summed E-state index contributed by atoms with van der Waals surface area (Å²) in [6.45, 7) is 2.05. The molecule has 1 amide bonds. The molecular formula is C16H17NO3S. The van der Waals surface area contributed by atoms with Crippen LogP contribution in [0.25, 0.3) is 0 Å². The van der Waals surface area contributed by atoms with E-state index in [4.69, 9.17) is 0 Å². The third-order valence-electron chi connectivity index (χ3n) is 3.15. The van der Waals surface area contributed by atoms with Crippen LogP contribution in [-0.2, 0) is 11.2 Å². The minimum absolute atomic E-state index is 0.125. The maximum absolute atomic E-state index is 11.9. The fraction of sp³-hybridized carbons (Fsp3) is 0.250. The van der Waals surface area contributed by atoms with Crippen molar-refractivity contribution < 1.29 is 14.7 Å². The molecule has 4 nitrogen and oxygen atoms in total. The molecule has 1 atom stereocenters. The molecule has 2 aromatic rings. The van der Waals surface area contributed by atoms with Gasteiger partial charge in [0.05, 0.1) is 10.8 Å². The molecule has 5 heteroatoms. The number of carboxylic acids is 1. The standard InChI is InChI=1S/C16H17NO3S/c1-11-7-8-14(21-11)15(18)17-10-13(16(19)20)9-12-5-3-2-4-6-12/h2-8,13H,9-10H2,1H3,(H,17,18)(H,19,20)/t13-/m0/s1. The van der Waals surface area contributed by atoms with Crippen LogP contribution in [0, 0.1) is 12.8 Å². The van der Waals surface area contributed by atoms with Crippen molar-refractivity contribution in [3.63, 3.8) is 0 Å². The highest BCUT2D eigenvalue weighted by molar-refractivity contribution is 7.13. The fourth-order valence-corrected chi connectivity index (χ4v) is 2.79. The van der Waals surface area contributed by atoms with E-state index in [2.05, 4.69) is 5.32 Å². The van der Waals surface area contributed by atoms with Gasteiger partial charge in [-0.15, -0.1) is 11.3 Å². The van der Waals surface area contributed by atoms with E-state index in [-0.39, 0.29) is 12.5 Å². The average Bonchev–Trinajstić information content (AvgIpc) is 2.90. The first-order valence-corrected chi connectivity index (χ1v) is 7.49. The zero-order valence-electron chi connectivity index (χ0n) is 11.7. The molecule has 0 unspecified atom stereocenters. The largest absolute Gasteiger partial charge is 0.481 e. The molecule has 0 bridgehead atoms. The van der Waals surface area contributed by atoms with Crippen molar-refractivity contribution in [3.05, 3.63) is 57.8 Å². The van der Waals surface area contributed by atoms with Gasteiger partial charge in [-0.05, 0) is 31.0 Å². The second-order valence-corrected chi connectivity index (χ2v) is 6.13. The Morgan fingerprint density at radius 1 is 1.19 bits per heavy atom. The smallest absolute Gasteiger partial charge is 0.308 e. The number of nitrogens with one attached hydrogen (secondary N) is 1. The van der Waals surface area contributed by atoms with Crippen molar-refractivity contribution >= 4 is 23.2 Å². The molecule has 0 radical (unpaired) electrons. The molecule has 0 aliphatic heterocycles.